The predicted molar refractivity (Wildman–Crippen MR) is 62.9 cm³/mol. The second-order valence-corrected chi connectivity index (χ2v) is 3.61. The Morgan fingerprint density at radius 2 is 2.24 bits per heavy atom. The van der Waals surface area contributed by atoms with E-state index in [0.29, 0.717) is 6.42 Å². The van der Waals surface area contributed by atoms with Crippen LogP contribution in [-0.2, 0) is 4.79 Å². The number of anilines is 1. The Morgan fingerprint density at radius 3 is 2.71 bits per heavy atom. The summed E-state index contributed by atoms with van der Waals surface area (Å²) in [5.41, 5.74) is 5.43. The Kier molecular flexibility index (Phi) is 4.03. The van der Waals surface area contributed by atoms with Gasteiger partial charge in [0.15, 0.2) is 0 Å². The van der Waals surface area contributed by atoms with E-state index in [2.05, 4.69) is 4.98 Å². The first-order chi connectivity index (χ1) is 7.99. The van der Waals surface area contributed by atoms with Crippen LogP contribution >= 0.6 is 0 Å². The van der Waals surface area contributed by atoms with Crippen LogP contribution in [0, 0.1) is 0 Å². The van der Waals surface area contributed by atoms with Crippen molar-refractivity contribution in [2.24, 2.45) is 5.73 Å². The van der Waals surface area contributed by atoms with Crippen LogP contribution in [-0.4, -0.2) is 35.1 Å². The highest BCUT2D eigenvalue weighted by Crippen LogP contribution is 2.18. The molecule has 0 aliphatic heterocycles. The molecule has 6 heteroatoms. The number of nitrogens with two attached hydrogens (primary N) is 1. The fraction of sp³-hybridized carbons (Fsp3) is 0.364. The molecule has 0 spiro atoms. The zero-order valence-corrected chi connectivity index (χ0v) is 9.75. The minimum Gasteiger partial charge on any atom is -0.480 e. The second kappa shape index (κ2) is 5.29. The van der Waals surface area contributed by atoms with E-state index in [1.807, 2.05) is 0 Å². The number of hydrogen-bond acceptors (Lipinski definition) is 4. The first-order valence-electron chi connectivity index (χ1n) is 5.19. The zero-order valence-electron chi connectivity index (χ0n) is 9.75. The van der Waals surface area contributed by atoms with Crippen LogP contribution in [0.15, 0.2) is 18.3 Å². The lowest BCUT2D eigenvalue weighted by molar-refractivity contribution is -0.138. The van der Waals surface area contributed by atoms with Gasteiger partial charge in [-0.1, -0.05) is 6.92 Å². The largest absolute Gasteiger partial charge is 0.480 e. The van der Waals surface area contributed by atoms with Gasteiger partial charge in [0.25, 0.3) is 5.91 Å². The highest BCUT2D eigenvalue weighted by molar-refractivity contribution is 5.98. The Balaban J connectivity index is 3.15. The maximum Gasteiger partial charge on any atom is 0.326 e. The van der Waals surface area contributed by atoms with Crippen LogP contribution < -0.4 is 10.6 Å². The van der Waals surface area contributed by atoms with Crippen LogP contribution in [0.25, 0.3) is 0 Å². The molecule has 0 aliphatic carbocycles. The van der Waals surface area contributed by atoms with Gasteiger partial charge in [-0.3, -0.25) is 4.79 Å². The summed E-state index contributed by atoms with van der Waals surface area (Å²) in [5, 5.41) is 9.05. The van der Waals surface area contributed by atoms with E-state index in [0.717, 1.165) is 0 Å². The molecule has 0 fully saturated rings. The number of rotatable bonds is 5. The van der Waals surface area contributed by atoms with Gasteiger partial charge in [0.1, 0.15) is 11.9 Å². The molecule has 1 atom stereocenters. The summed E-state index contributed by atoms with van der Waals surface area (Å²) >= 11 is 0. The van der Waals surface area contributed by atoms with Crippen LogP contribution in [0.3, 0.4) is 0 Å². The number of likely N-dealkylation sites (N-methyl/N-ethyl adjacent to an activating group) is 1. The number of aliphatic carboxylic acids is 1. The summed E-state index contributed by atoms with van der Waals surface area (Å²) in [6.45, 7) is 1.75. The highest BCUT2D eigenvalue weighted by Gasteiger charge is 2.24. The molecule has 0 aromatic carbocycles. The third kappa shape index (κ3) is 2.72. The molecule has 6 nitrogen and oxygen atoms in total. The van der Waals surface area contributed by atoms with Gasteiger partial charge >= 0.3 is 5.97 Å². The maximum atomic E-state index is 11.2. The monoisotopic (exact) mass is 237 g/mol. The molecule has 92 valence electrons. The van der Waals surface area contributed by atoms with Crippen molar-refractivity contribution in [3.05, 3.63) is 23.9 Å². The van der Waals surface area contributed by atoms with Crippen molar-refractivity contribution in [3.8, 4) is 0 Å². The number of carboxylic acids is 1. The maximum absolute atomic E-state index is 11.2. The van der Waals surface area contributed by atoms with E-state index in [1.165, 1.54) is 17.2 Å². The summed E-state index contributed by atoms with van der Waals surface area (Å²) in [7, 11) is 1.58. The molecular weight excluding hydrogens is 222 g/mol. The zero-order chi connectivity index (χ0) is 13.0. The van der Waals surface area contributed by atoms with Gasteiger partial charge in [0.2, 0.25) is 0 Å². The SMILES string of the molecule is CCC(C(=O)O)N(C)c1ncccc1C(N)=O. The second-order valence-electron chi connectivity index (χ2n) is 3.61. The average molecular weight is 237 g/mol. The summed E-state index contributed by atoms with van der Waals surface area (Å²) < 4.78 is 0. The average Bonchev–Trinajstić information content (AvgIpc) is 2.29. The smallest absolute Gasteiger partial charge is 0.326 e. The number of nitrogens with zero attached hydrogens (tertiary/aromatic N) is 2. The lowest BCUT2D eigenvalue weighted by atomic mass is 10.1. The summed E-state index contributed by atoms with van der Waals surface area (Å²) in [6.07, 6.45) is 1.90. The van der Waals surface area contributed by atoms with E-state index >= 15 is 0 Å². The number of pyridine rings is 1. The van der Waals surface area contributed by atoms with Crippen molar-refractivity contribution in [2.45, 2.75) is 19.4 Å². The topological polar surface area (TPSA) is 96.5 Å². The van der Waals surface area contributed by atoms with Crippen molar-refractivity contribution in [1.29, 1.82) is 0 Å². The van der Waals surface area contributed by atoms with E-state index < -0.39 is 17.9 Å². The lowest BCUT2D eigenvalue weighted by Gasteiger charge is -2.25. The Morgan fingerprint density at radius 1 is 1.59 bits per heavy atom. The molecular formula is C11H15N3O3. The molecule has 1 rings (SSSR count). The van der Waals surface area contributed by atoms with Gasteiger partial charge in [-0.2, -0.15) is 0 Å². The van der Waals surface area contributed by atoms with Crippen LogP contribution in [0.1, 0.15) is 23.7 Å². The van der Waals surface area contributed by atoms with Crippen molar-refractivity contribution in [3.63, 3.8) is 0 Å². The summed E-state index contributed by atoms with van der Waals surface area (Å²) in [4.78, 5) is 27.7. The van der Waals surface area contributed by atoms with Gasteiger partial charge in [-0.05, 0) is 18.6 Å². The van der Waals surface area contributed by atoms with Crippen molar-refractivity contribution >= 4 is 17.7 Å². The molecule has 0 aliphatic rings. The standard InChI is InChI=1S/C11H15N3O3/c1-3-8(11(16)17)14(2)10-7(9(12)15)5-4-6-13-10/h4-6,8H,3H2,1-2H3,(H2,12,15)(H,16,17). The Labute approximate surface area is 99.1 Å². The first kappa shape index (κ1) is 13.0. The number of carbonyl (C=O) groups excluding carboxylic acids is 1. The van der Waals surface area contributed by atoms with Gasteiger partial charge in [0.05, 0.1) is 5.56 Å². The van der Waals surface area contributed by atoms with Gasteiger partial charge in [0, 0.05) is 13.2 Å². The minimum absolute atomic E-state index is 0.217. The number of hydrogen-bond donors (Lipinski definition) is 2. The minimum atomic E-state index is -0.962. The highest BCUT2D eigenvalue weighted by atomic mass is 16.4. The molecule has 1 amide bonds. The summed E-state index contributed by atoms with van der Waals surface area (Å²) in [6, 6.07) is 2.37. The van der Waals surface area contributed by atoms with E-state index in [1.54, 1.807) is 20.0 Å². The van der Waals surface area contributed by atoms with Gasteiger partial charge < -0.3 is 15.7 Å². The number of carboxylic acid groups (broad SMARTS) is 1. The van der Waals surface area contributed by atoms with Gasteiger partial charge in [-0.15, -0.1) is 0 Å². The molecule has 0 saturated carbocycles. The van der Waals surface area contributed by atoms with Crippen LogP contribution in [0.5, 0.6) is 0 Å². The molecule has 1 heterocycles. The normalized spacial score (nSPS) is 11.9. The third-order valence-corrected chi connectivity index (χ3v) is 2.53. The Hall–Kier alpha value is -2.11. The van der Waals surface area contributed by atoms with Crippen LogP contribution in [0.4, 0.5) is 5.82 Å². The van der Waals surface area contributed by atoms with E-state index in [-0.39, 0.29) is 11.4 Å². The van der Waals surface area contributed by atoms with E-state index in [4.69, 9.17) is 10.8 Å². The number of amides is 1. The van der Waals surface area contributed by atoms with Crippen molar-refractivity contribution < 1.29 is 14.7 Å². The fourth-order valence-corrected chi connectivity index (χ4v) is 1.63. The Bertz CT molecular complexity index is 434. The van der Waals surface area contributed by atoms with Crippen LogP contribution in [0.2, 0.25) is 0 Å². The number of aromatic nitrogens is 1. The lowest BCUT2D eigenvalue weighted by Crippen LogP contribution is -2.39. The van der Waals surface area contributed by atoms with Crippen molar-refractivity contribution in [1.82, 2.24) is 4.98 Å². The molecule has 17 heavy (non-hydrogen) atoms. The number of carbonyl (C=O) groups is 2. The molecule has 0 saturated heterocycles. The van der Waals surface area contributed by atoms with Crippen molar-refractivity contribution in [2.75, 3.05) is 11.9 Å². The van der Waals surface area contributed by atoms with E-state index in [9.17, 15) is 9.59 Å². The fourth-order valence-electron chi connectivity index (χ4n) is 1.63. The summed E-state index contributed by atoms with van der Waals surface area (Å²) in [5.74, 6) is -1.30. The molecule has 1 unspecified atom stereocenters. The molecule has 0 radical (unpaired) electrons. The third-order valence-electron chi connectivity index (χ3n) is 2.53. The molecule has 3 N–H and O–H groups in total. The first-order valence-corrected chi connectivity index (χ1v) is 5.19. The molecule has 1 aromatic heterocycles. The predicted octanol–water partition coefficient (Wildman–Crippen LogP) is 0.480. The van der Waals surface area contributed by atoms with Gasteiger partial charge in [-0.25, -0.2) is 9.78 Å². The quantitative estimate of drug-likeness (QED) is 0.776. The molecule has 0 bridgehead atoms. The number of primary amides is 1. The molecule has 1 aromatic rings.